The van der Waals surface area contributed by atoms with Crippen LogP contribution in [0.5, 0.6) is 0 Å². The molecule has 2 rings (SSSR count). The van der Waals surface area contributed by atoms with Crippen LogP contribution in [0.15, 0.2) is 0 Å². The molecular weight excluding hydrogens is 293 g/mol. The van der Waals surface area contributed by atoms with Gasteiger partial charge in [0.05, 0.1) is 5.69 Å². The summed E-state index contributed by atoms with van der Waals surface area (Å²) in [6.45, 7) is 3.42. The van der Waals surface area contributed by atoms with Crippen LogP contribution in [-0.2, 0) is 12.8 Å². The zero-order valence-corrected chi connectivity index (χ0v) is 13.3. The molecule has 18 heavy (non-hydrogen) atoms. The van der Waals surface area contributed by atoms with Crippen molar-refractivity contribution in [3.05, 3.63) is 10.6 Å². The third-order valence-corrected chi connectivity index (χ3v) is 4.08. The van der Waals surface area contributed by atoms with Crippen LogP contribution in [0.25, 0.3) is 0 Å². The van der Waals surface area contributed by atoms with E-state index in [1.807, 2.05) is 0 Å². The largest absolute Gasteiger partial charge is 0.412 e. The predicted octanol–water partition coefficient (Wildman–Crippen LogP) is 1.94. The van der Waals surface area contributed by atoms with Gasteiger partial charge in [-0.05, 0) is 39.3 Å². The second-order valence-electron chi connectivity index (χ2n) is 4.30. The molecule has 1 aromatic heterocycles. The van der Waals surface area contributed by atoms with E-state index in [1.165, 1.54) is 30.0 Å². The summed E-state index contributed by atoms with van der Waals surface area (Å²) in [6, 6.07) is 0.692. The van der Waals surface area contributed by atoms with Crippen LogP contribution in [0.3, 0.4) is 0 Å². The summed E-state index contributed by atoms with van der Waals surface area (Å²) in [6.07, 6.45) is 4.69. The van der Waals surface area contributed by atoms with Gasteiger partial charge in [-0.25, -0.2) is 4.98 Å². The van der Waals surface area contributed by atoms with Gasteiger partial charge in [0.2, 0.25) is 0 Å². The average Bonchev–Trinajstić information content (AvgIpc) is 2.57. The van der Waals surface area contributed by atoms with E-state index in [-0.39, 0.29) is 30.3 Å². The molecule has 1 aliphatic rings. The lowest BCUT2D eigenvalue weighted by molar-refractivity contribution is 0.223. The maximum Gasteiger partial charge on any atom is 0.180 e. The van der Waals surface area contributed by atoms with Crippen molar-refractivity contribution in [2.75, 3.05) is 19.3 Å². The third-order valence-electron chi connectivity index (χ3n) is 3.13. The Hall–Kier alpha value is -0.0700. The average molecular weight is 316 g/mol. The van der Waals surface area contributed by atoms with Crippen LogP contribution in [0.1, 0.15) is 30.3 Å². The first kappa shape index (κ1) is 20.3. The monoisotopic (exact) mass is 315 g/mol. The number of hydrogen-bond acceptors (Lipinski definition) is 4. The highest BCUT2D eigenvalue weighted by Crippen LogP contribution is 2.29. The van der Waals surface area contributed by atoms with Gasteiger partial charge >= 0.3 is 0 Å². The molecule has 0 spiro atoms. The molecule has 0 radical (unpaired) electrons. The fourth-order valence-electron chi connectivity index (χ4n) is 2.29. The van der Waals surface area contributed by atoms with E-state index in [9.17, 15) is 0 Å². The van der Waals surface area contributed by atoms with Crippen molar-refractivity contribution in [2.45, 2.75) is 38.6 Å². The maximum atomic E-state index is 5.73. The number of aromatic nitrogens is 1. The van der Waals surface area contributed by atoms with Crippen molar-refractivity contribution in [3.8, 4) is 0 Å². The van der Waals surface area contributed by atoms with E-state index < -0.39 is 0 Å². The number of nitrogen functional groups attached to an aromatic ring is 1. The molecule has 0 aliphatic heterocycles. The molecule has 0 bridgehead atoms. The SMILES string of the molecule is CCCN(C)[C@H]1CCc2nc(N)sc2C1.Cl.Cl.O. The molecule has 0 saturated carbocycles. The zero-order chi connectivity index (χ0) is 10.8. The third kappa shape index (κ3) is 4.55. The van der Waals surface area contributed by atoms with E-state index >= 15 is 0 Å². The number of nitrogens with two attached hydrogens (primary N) is 1. The number of halogens is 2. The molecule has 0 unspecified atom stereocenters. The van der Waals surface area contributed by atoms with Crippen molar-refractivity contribution >= 4 is 41.3 Å². The summed E-state index contributed by atoms with van der Waals surface area (Å²) in [4.78, 5) is 8.25. The number of aryl methyl sites for hydroxylation is 1. The lowest BCUT2D eigenvalue weighted by Gasteiger charge is -2.30. The predicted molar refractivity (Wildman–Crippen MR) is 83.4 cm³/mol. The summed E-state index contributed by atoms with van der Waals surface area (Å²) in [5.41, 5.74) is 6.98. The van der Waals surface area contributed by atoms with E-state index in [1.54, 1.807) is 11.3 Å². The fraction of sp³-hybridized carbons (Fsp3) is 0.727. The van der Waals surface area contributed by atoms with Gasteiger partial charge in [0.15, 0.2) is 5.13 Å². The Labute approximate surface area is 125 Å². The standard InChI is InChI=1S/C11H19N3S.2ClH.H2O/c1-3-6-14(2)8-4-5-9-10(7-8)15-11(12)13-9;;;/h8H,3-7H2,1-2H3,(H2,12,13);2*1H;1H2/t8-;;;/m0.../s1. The Morgan fingerprint density at radius 2 is 2.11 bits per heavy atom. The normalized spacial score (nSPS) is 17.2. The lowest BCUT2D eigenvalue weighted by atomic mass is 9.96. The van der Waals surface area contributed by atoms with Crippen LogP contribution in [0.2, 0.25) is 0 Å². The second kappa shape index (κ2) is 8.93. The Kier molecular flexibility index (Phi) is 10.1. The molecule has 1 aliphatic carbocycles. The first-order valence-corrected chi connectivity index (χ1v) is 6.46. The minimum atomic E-state index is 0. The molecule has 4 nitrogen and oxygen atoms in total. The number of rotatable bonds is 3. The van der Waals surface area contributed by atoms with Gasteiger partial charge in [0.25, 0.3) is 0 Å². The van der Waals surface area contributed by atoms with Crippen molar-refractivity contribution in [2.24, 2.45) is 0 Å². The highest BCUT2D eigenvalue weighted by molar-refractivity contribution is 7.15. The number of nitrogens with zero attached hydrogens (tertiary/aromatic N) is 2. The van der Waals surface area contributed by atoms with Gasteiger partial charge in [-0.1, -0.05) is 6.92 Å². The van der Waals surface area contributed by atoms with E-state index in [0.29, 0.717) is 6.04 Å². The topological polar surface area (TPSA) is 73.7 Å². The van der Waals surface area contributed by atoms with Gasteiger partial charge in [0, 0.05) is 10.9 Å². The Morgan fingerprint density at radius 3 is 2.72 bits per heavy atom. The molecule has 0 aromatic carbocycles. The number of fused-ring (bicyclic) bond motifs is 1. The van der Waals surface area contributed by atoms with Gasteiger partial charge < -0.3 is 16.1 Å². The summed E-state index contributed by atoms with van der Waals surface area (Å²) in [5, 5.41) is 0.735. The lowest BCUT2D eigenvalue weighted by Crippen LogP contribution is -2.36. The van der Waals surface area contributed by atoms with Crippen molar-refractivity contribution in [1.82, 2.24) is 9.88 Å². The quantitative estimate of drug-likeness (QED) is 0.926. The summed E-state index contributed by atoms with van der Waals surface area (Å²) in [5.74, 6) is 0. The number of hydrogen-bond donors (Lipinski definition) is 1. The summed E-state index contributed by atoms with van der Waals surface area (Å²) in [7, 11) is 2.23. The highest BCUT2D eigenvalue weighted by atomic mass is 35.5. The van der Waals surface area contributed by atoms with Crippen LogP contribution in [0.4, 0.5) is 5.13 Å². The number of likely N-dealkylation sites (N-methyl/N-ethyl adjacent to an activating group) is 1. The molecule has 1 heterocycles. The van der Waals surface area contributed by atoms with Crippen molar-refractivity contribution in [1.29, 1.82) is 0 Å². The van der Waals surface area contributed by atoms with Gasteiger partial charge in [0.1, 0.15) is 0 Å². The smallest absolute Gasteiger partial charge is 0.180 e. The molecule has 1 aromatic rings. The van der Waals surface area contributed by atoms with Gasteiger partial charge in [-0.3, -0.25) is 0 Å². The number of anilines is 1. The second-order valence-corrected chi connectivity index (χ2v) is 5.41. The molecule has 0 amide bonds. The molecule has 4 N–H and O–H groups in total. The highest BCUT2D eigenvalue weighted by Gasteiger charge is 2.24. The minimum Gasteiger partial charge on any atom is -0.412 e. The van der Waals surface area contributed by atoms with Crippen LogP contribution in [-0.4, -0.2) is 35.0 Å². The summed E-state index contributed by atoms with van der Waals surface area (Å²) < 4.78 is 0. The van der Waals surface area contributed by atoms with Crippen LogP contribution >= 0.6 is 36.2 Å². The van der Waals surface area contributed by atoms with Crippen molar-refractivity contribution in [3.63, 3.8) is 0 Å². The maximum absolute atomic E-state index is 5.73. The fourth-order valence-corrected chi connectivity index (χ4v) is 3.24. The molecule has 0 saturated heterocycles. The van der Waals surface area contributed by atoms with E-state index in [0.717, 1.165) is 18.0 Å². The van der Waals surface area contributed by atoms with Crippen molar-refractivity contribution < 1.29 is 5.48 Å². The molecular formula is C11H23Cl2N3OS. The first-order valence-electron chi connectivity index (χ1n) is 5.65. The zero-order valence-electron chi connectivity index (χ0n) is 10.8. The molecule has 1 atom stereocenters. The Bertz CT molecular complexity index is 349. The first-order chi connectivity index (χ1) is 7.20. The van der Waals surface area contributed by atoms with E-state index in [4.69, 9.17) is 5.73 Å². The van der Waals surface area contributed by atoms with Gasteiger partial charge in [-0.2, -0.15) is 0 Å². The molecule has 0 fully saturated rings. The van der Waals surface area contributed by atoms with Crippen LogP contribution < -0.4 is 5.73 Å². The summed E-state index contributed by atoms with van der Waals surface area (Å²) >= 11 is 1.67. The molecule has 108 valence electrons. The Morgan fingerprint density at radius 1 is 1.44 bits per heavy atom. The van der Waals surface area contributed by atoms with E-state index in [2.05, 4.69) is 23.9 Å². The molecule has 7 heteroatoms. The van der Waals surface area contributed by atoms with Gasteiger partial charge in [-0.15, -0.1) is 36.2 Å². The van der Waals surface area contributed by atoms with Crippen LogP contribution in [0, 0.1) is 0 Å². The Balaban J connectivity index is 0. The minimum absolute atomic E-state index is 0. The number of thiazole rings is 1.